The summed E-state index contributed by atoms with van der Waals surface area (Å²) in [4.78, 5) is 33.8. The first-order valence-corrected chi connectivity index (χ1v) is 6.28. The number of hydrogen-bond donors (Lipinski definition) is 4. The van der Waals surface area contributed by atoms with Gasteiger partial charge in [-0.25, -0.2) is 0 Å². The number of ether oxygens (including phenoxy) is 1. The lowest BCUT2D eigenvalue weighted by atomic mass is 10.9. The van der Waals surface area contributed by atoms with E-state index < -0.39 is 20.8 Å². The molecule has 0 saturated carbocycles. The highest BCUT2D eigenvalue weighted by molar-refractivity contribution is 7.70. The van der Waals surface area contributed by atoms with Crippen molar-refractivity contribution >= 4 is 15.2 Å². The lowest BCUT2D eigenvalue weighted by Crippen LogP contribution is -2.13. The van der Waals surface area contributed by atoms with E-state index in [0.29, 0.717) is 0 Å². The molecule has 0 aliphatic rings. The van der Waals surface area contributed by atoms with Crippen molar-refractivity contribution in [1.29, 1.82) is 0 Å². The molecule has 0 unspecified atom stereocenters. The molecule has 0 aliphatic carbocycles. The summed E-state index contributed by atoms with van der Waals surface area (Å²) in [5, 5.41) is 0. The van der Waals surface area contributed by atoms with Crippen molar-refractivity contribution in [3.63, 3.8) is 0 Å². The third kappa shape index (κ3) is 3.78. The van der Waals surface area contributed by atoms with Gasteiger partial charge in [0, 0.05) is 6.61 Å². The smallest absolute Gasteiger partial charge is 0.355 e. The molecule has 0 bridgehead atoms. The molecule has 0 amide bonds. The second-order valence-electron chi connectivity index (χ2n) is 1.96. The Morgan fingerprint density at radius 1 is 1.17 bits per heavy atom. The zero-order valence-corrected chi connectivity index (χ0v) is 7.98. The van der Waals surface area contributed by atoms with Gasteiger partial charge in [0.15, 0.2) is 0 Å². The fraction of sp³-hybridized carbons (Fsp3) is 1.00. The van der Waals surface area contributed by atoms with Crippen LogP contribution in [-0.4, -0.2) is 31.8 Å². The zero-order valence-electron chi connectivity index (χ0n) is 6.19. The summed E-state index contributed by atoms with van der Waals surface area (Å²) in [6.45, 7) is 1.19. The lowest BCUT2D eigenvalue weighted by molar-refractivity contribution is 0.123. The summed E-state index contributed by atoms with van der Waals surface area (Å²) < 4.78 is 25.1. The highest BCUT2D eigenvalue weighted by atomic mass is 31.2. The largest absolute Gasteiger partial charge is 0.366 e. The van der Waals surface area contributed by atoms with Gasteiger partial charge in [-0.1, -0.05) is 0 Å². The third-order valence-electron chi connectivity index (χ3n) is 0.891. The molecule has 0 aromatic heterocycles. The lowest BCUT2D eigenvalue weighted by Gasteiger charge is -2.18. The van der Waals surface area contributed by atoms with Gasteiger partial charge in [0.05, 0.1) is 0 Å². The Morgan fingerprint density at radius 2 is 1.50 bits per heavy atom. The Kier molecular flexibility index (Phi) is 4.07. The Bertz CT molecular complexity index is 203. The van der Waals surface area contributed by atoms with Crippen molar-refractivity contribution in [1.82, 2.24) is 0 Å². The van der Waals surface area contributed by atoms with Crippen LogP contribution >= 0.6 is 15.2 Å². The highest BCUT2D eigenvalue weighted by Gasteiger charge is 2.44. The van der Waals surface area contributed by atoms with Crippen molar-refractivity contribution < 1.29 is 33.4 Å². The van der Waals surface area contributed by atoms with Gasteiger partial charge in [0.2, 0.25) is 0 Å². The SMILES string of the molecule is CCOC(P(=O)(O)O)P(=O)(O)O. The molecule has 0 radical (unpaired) electrons. The molecule has 0 aromatic rings. The average molecular weight is 220 g/mol. The van der Waals surface area contributed by atoms with Crippen molar-refractivity contribution in [2.24, 2.45) is 0 Å². The van der Waals surface area contributed by atoms with Crippen LogP contribution in [0.5, 0.6) is 0 Å². The first-order valence-electron chi connectivity index (χ1n) is 2.91. The van der Waals surface area contributed by atoms with E-state index >= 15 is 0 Å². The number of rotatable bonds is 4. The van der Waals surface area contributed by atoms with E-state index in [4.69, 9.17) is 19.6 Å². The van der Waals surface area contributed by atoms with Crippen molar-refractivity contribution in [2.75, 3.05) is 6.61 Å². The Hall–Kier alpha value is 0.260. The Morgan fingerprint density at radius 3 is 1.58 bits per heavy atom. The van der Waals surface area contributed by atoms with Gasteiger partial charge in [0.1, 0.15) is 0 Å². The summed E-state index contributed by atoms with van der Waals surface area (Å²) in [6.07, 6.45) is 0. The first kappa shape index (κ1) is 12.3. The van der Waals surface area contributed by atoms with E-state index in [-0.39, 0.29) is 6.61 Å². The fourth-order valence-corrected chi connectivity index (χ4v) is 2.79. The van der Waals surface area contributed by atoms with Crippen LogP contribution in [0, 0.1) is 0 Å². The summed E-state index contributed by atoms with van der Waals surface area (Å²) >= 11 is 0. The van der Waals surface area contributed by atoms with Crippen LogP contribution in [0.3, 0.4) is 0 Å². The van der Waals surface area contributed by atoms with E-state index in [2.05, 4.69) is 4.74 Å². The van der Waals surface area contributed by atoms with Crippen LogP contribution in [0.15, 0.2) is 0 Å². The van der Waals surface area contributed by atoms with E-state index in [9.17, 15) is 9.13 Å². The topological polar surface area (TPSA) is 124 Å². The molecule has 0 aliphatic heterocycles. The van der Waals surface area contributed by atoms with E-state index in [1.807, 2.05) is 0 Å². The molecule has 0 spiro atoms. The van der Waals surface area contributed by atoms with Gasteiger partial charge in [-0.05, 0) is 6.92 Å². The molecule has 9 heteroatoms. The van der Waals surface area contributed by atoms with E-state index in [1.165, 1.54) is 6.92 Å². The van der Waals surface area contributed by atoms with Crippen LogP contribution in [-0.2, 0) is 13.9 Å². The van der Waals surface area contributed by atoms with Gasteiger partial charge < -0.3 is 24.3 Å². The van der Waals surface area contributed by atoms with Crippen molar-refractivity contribution in [2.45, 2.75) is 12.5 Å². The Labute approximate surface area is 68.7 Å². The predicted octanol–water partition coefficient (Wildman–Crippen LogP) is -0.338. The van der Waals surface area contributed by atoms with Crippen LogP contribution in [0.1, 0.15) is 6.92 Å². The Balaban J connectivity index is 4.70. The minimum Gasteiger partial charge on any atom is -0.355 e. The molecule has 4 N–H and O–H groups in total. The summed E-state index contributed by atoms with van der Waals surface area (Å²) in [5.41, 5.74) is -2.34. The van der Waals surface area contributed by atoms with Gasteiger partial charge in [0.25, 0.3) is 5.59 Å². The minimum absolute atomic E-state index is 0.180. The maximum absolute atomic E-state index is 10.4. The van der Waals surface area contributed by atoms with Crippen LogP contribution < -0.4 is 0 Å². The summed E-state index contributed by atoms with van der Waals surface area (Å²) in [6, 6.07) is 0. The minimum atomic E-state index is -4.90. The molecule has 0 fully saturated rings. The molecule has 74 valence electrons. The fourth-order valence-electron chi connectivity index (χ4n) is 0.539. The molecular formula is C3H10O7P2. The predicted molar refractivity (Wildman–Crippen MR) is 39.5 cm³/mol. The molecule has 0 saturated heterocycles. The van der Waals surface area contributed by atoms with Crippen LogP contribution in [0.25, 0.3) is 0 Å². The maximum atomic E-state index is 10.4. The molecule has 0 aromatic carbocycles. The third-order valence-corrected chi connectivity index (χ3v) is 4.15. The monoisotopic (exact) mass is 220 g/mol. The van der Waals surface area contributed by atoms with Crippen LogP contribution in [0.2, 0.25) is 0 Å². The average Bonchev–Trinajstić information content (AvgIpc) is 1.77. The van der Waals surface area contributed by atoms with Gasteiger partial charge >= 0.3 is 15.2 Å². The second-order valence-corrected chi connectivity index (χ2v) is 5.66. The van der Waals surface area contributed by atoms with Gasteiger partial charge in [-0.2, -0.15) is 0 Å². The standard InChI is InChI=1S/C3H10O7P2/c1-2-10-3(11(4,5)6)12(7,8)9/h3H,2H2,1H3,(H2,4,5,6)(H2,7,8,9). The summed E-state index contributed by atoms with van der Waals surface area (Å²) in [7, 11) is -9.80. The highest BCUT2D eigenvalue weighted by Crippen LogP contribution is 2.60. The quantitative estimate of drug-likeness (QED) is 0.477. The second kappa shape index (κ2) is 3.98. The maximum Gasteiger partial charge on any atom is 0.366 e. The number of hydrogen-bond acceptors (Lipinski definition) is 3. The van der Waals surface area contributed by atoms with E-state index in [0.717, 1.165) is 0 Å². The van der Waals surface area contributed by atoms with Gasteiger partial charge in [-0.15, -0.1) is 0 Å². The molecular weight excluding hydrogens is 210 g/mol. The molecule has 7 nitrogen and oxygen atoms in total. The van der Waals surface area contributed by atoms with Gasteiger partial charge in [-0.3, -0.25) is 9.13 Å². The molecule has 0 atom stereocenters. The zero-order chi connectivity index (χ0) is 9.99. The van der Waals surface area contributed by atoms with Crippen molar-refractivity contribution in [3.8, 4) is 0 Å². The summed E-state index contributed by atoms with van der Waals surface area (Å²) in [5.74, 6) is 0. The molecule has 12 heavy (non-hydrogen) atoms. The normalized spacial score (nSPS) is 13.8. The first-order chi connectivity index (χ1) is 5.19. The van der Waals surface area contributed by atoms with Crippen LogP contribution in [0.4, 0.5) is 0 Å². The molecule has 0 rings (SSSR count). The molecule has 0 heterocycles. The van der Waals surface area contributed by atoms with E-state index in [1.54, 1.807) is 0 Å². The van der Waals surface area contributed by atoms with Crippen molar-refractivity contribution in [3.05, 3.63) is 0 Å².